The van der Waals surface area contributed by atoms with Crippen LogP contribution in [0.15, 0.2) is 53.6 Å². The zero-order chi connectivity index (χ0) is 30.8. The van der Waals surface area contributed by atoms with Gasteiger partial charge in [0.15, 0.2) is 6.10 Å². The number of ketones is 1. The summed E-state index contributed by atoms with van der Waals surface area (Å²) in [5.41, 5.74) is -1.53. The zero-order valence-corrected chi connectivity index (χ0v) is 25.4. The molecule has 4 heterocycles. The zero-order valence-electron chi connectivity index (χ0n) is 25.4. The maximum Gasteiger partial charge on any atom is 0.334 e. The van der Waals surface area contributed by atoms with E-state index >= 15 is 0 Å². The molecule has 1 saturated heterocycles. The molecule has 2 saturated carbocycles. The van der Waals surface area contributed by atoms with Gasteiger partial charge in [0.1, 0.15) is 23.4 Å². The van der Waals surface area contributed by atoms with Gasteiger partial charge in [-0.3, -0.25) is 9.59 Å². The highest BCUT2D eigenvalue weighted by atomic mass is 16.7. The molecule has 6 aliphatic rings. The second kappa shape index (κ2) is 9.14. The van der Waals surface area contributed by atoms with E-state index in [4.69, 9.17) is 14.2 Å². The van der Waals surface area contributed by atoms with Crippen molar-refractivity contribution in [3.8, 4) is 0 Å². The van der Waals surface area contributed by atoms with Gasteiger partial charge in [-0.25, -0.2) is 4.79 Å². The smallest absolute Gasteiger partial charge is 0.334 e. The van der Waals surface area contributed by atoms with Crippen molar-refractivity contribution in [3.63, 3.8) is 0 Å². The summed E-state index contributed by atoms with van der Waals surface area (Å²) in [5.74, 6) is -1.66. The fraction of sp³-hybridized carbons (Fsp3) is 0.571. The molecular formula is C35H39NO8. The van der Waals surface area contributed by atoms with Gasteiger partial charge in [-0.2, -0.15) is 0 Å². The van der Waals surface area contributed by atoms with Crippen molar-refractivity contribution in [3.05, 3.63) is 70.6 Å². The van der Waals surface area contributed by atoms with Gasteiger partial charge in [-0.1, -0.05) is 51.1 Å². The Morgan fingerprint density at radius 3 is 2.59 bits per heavy atom. The Morgan fingerprint density at radius 1 is 1.07 bits per heavy atom. The lowest BCUT2D eigenvalue weighted by atomic mass is 9.43. The number of carbonyl (C=O) groups excluding carboxylic acids is 3. The van der Waals surface area contributed by atoms with Crippen LogP contribution in [0.2, 0.25) is 0 Å². The third-order valence-corrected chi connectivity index (χ3v) is 12.4. The van der Waals surface area contributed by atoms with Crippen LogP contribution < -0.4 is 0 Å². The lowest BCUT2D eigenvalue weighted by Gasteiger charge is -2.65. The molecule has 1 aromatic carbocycles. The van der Waals surface area contributed by atoms with Crippen molar-refractivity contribution >= 4 is 17.7 Å². The van der Waals surface area contributed by atoms with Crippen LogP contribution in [0.1, 0.15) is 87.0 Å². The number of nitrogens with zero attached hydrogens (tertiary/aromatic N) is 1. The summed E-state index contributed by atoms with van der Waals surface area (Å²) in [4.78, 5) is 39.7. The van der Waals surface area contributed by atoms with Gasteiger partial charge in [-0.15, -0.1) is 0 Å². The van der Waals surface area contributed by atoms with E-state index in [2.05, 4.69) is 0 Å². The standard InChI is InChI=1S/C35H39NO8/c1-19(2)35-27(44-35)17-34(41)32(3)14-11-21-23(18-42-29(21)38)24(32)12-15-33(34,40)31(35)43-30(39)22-13-16-36-25(22)9-10-26(36)28(37)20-7-5-4-6-8-20/h4-10,19,22,24,27,31,40-41H,11-18H2,1-3H3. The molecule has 232 valence electrons. The fourth-order valence-corrected chi connectivity index (χ4v) is 9.88. The number of fused-ring (bicyclic) bond motifs is 6. The minimum atomic E-state index is -1.75. The number of esters is 2. The first kappa shape index (κ1) is 28.2. The van der Waals surface area contributed by atoms with Gasteiger partial charge in [-0.05, 0) is 61.6 Å². The van der Waals surface area contributed by atoms with E-state index in [1.54, 1.807) is 18.2 Å². The van der Waals surface area contributed by atoms with Crippen LogP contribution in [0, 0.1) is 17.3 Å². The summed E-state index contributed by atoms with van der Waals surface area (Å²) in [7, 11) is 0. The molecule has 8 atom stereocenters. The summed E-state index contributed by atoms with van der Waals surface area (Å²) in [6.45, 7) is 6.74. The second-order valence-electron chi connectivity index (χ2n) is 14.3. The first-order valence-electron chi connectivity index (χ1n) is 16.0. The fourth-order valence-electron chi connectivity index (χ4n) is 9.88. The average molecular weight is 602 g/mol. The third-order valence-electron chi connectivity index (χ3n) is 12.4. The number of cyclic esters (lactones) is 1. The van der Waals surface area contributed by atoms with Gasteiger partial charge in [0.25, 0.3) is 0 Å². The number of aromatic nitrogens is 1. The van der Waals surface area contributed by atoms with Gasteiger partial charge in [0, 0.05) is 35.2 Å². The highest BCUT2D eigenvalue weighted by Gasteiger charge is 2.83. The van der Waals surface area contributed by atoms with Gasteiger partial charge in [0.05, 0.1) is 17.7 Å². The monoisotopic (exact) mass is 601 g/mol. The van der Waals surface area contributed by atoms with E-state index < -0.39 is 40.2 Å². The molecule has 0 amide bonds. The lowest BCUT2D eigenvalue weighted by molar-refractivity contribution is -0.305. The van der Waals surface area contributed by atoms with Gasteiger partial charge in [0.2, 0.25) is 5.78 Å². The minimum absolute atomic E-state index is 0.0755. The van der Waals surface area contributed by atoms with Gasteiger partial charge >= 0.3 is 11.9 Å². The van der Waals surface area contributed by atoms with Crippen LogP contribution in [-0.2, 0) is 30.3 Å². The molecule has 0 spiro atoms. The molecule has 2 N–H and O–H groups in total. The van der Waals surface area contributed by atoms with Crippen molar-refractivity contribution in [2.45, 2.75) is 101 Å². The van der Waals surface area contributed by atoms with E-state index in [1.165, 1.54) is 0 Å². The minimum Gasteiger partial charge on any atom is -0.458 e. The molecule has 3 fully saturated rings. The third kappa shape index (κ3) is 3.38. The van der Waals surface area contributed by atoms with E-state index in [0.29, 0.717) is 54.8 Å². The highest BCUT2D eigenvalue weighted by Crippen LogP contribution is 2.70. The van der Waals surface area contributed by atoms with Crippen molar-refractivity contribution < 1.29 is 38.8 Å². The first-order chi connectivity index (χ1) is 21.0. The van der Waals surface area contributed by atoms with Crippen molar-refractivity contribution in [2.75, 3.05) is 6.61 Å². The number of ether oxygens (including phenoxy) is 3. The molecule has 8 rings (SSSR count). The number of hydrogen-bond donors (Lipinski definition) is 2. The Bertz CT molecular complexity index is 1630. The molecule has 2 aromatic rings. The predicted octanol–water partition coefficient (Wildman–Crippen LogP) is 3.84. The molecule has 3 aliphatic carbocycles. The number of carbonyl (C=O) groups is 3. The second-order valence-corrected chi connectivity index (χ2v) is 14.3. The van der Waals surface area contributed by atoms with E-state index in [9.17, 15) is 24.6 Å². The van der Waals surface area contributed by atoms with Crippen molar-refractivity contribution in [1.82, 2.24) is 4.57 Å². The number of hydrogen-bond acceptors (Lipinski definition) is 8. The topological polar surface area (TPSA) is 128 Å². The van der Waals surface area contributed by atoms with E-state index in [-0.39, 0.29) is 49.1 Å². The van der Waals surface area contributed by atoms with Crippen molar-refractivity contribution in [1.29, 1.82) is 0 Å². The summed E-state index contributed by atoms with van der Waals surface area (Å²) >= 11 is 0. The largest absolute Gasteiger partial charge is 0.458 e. The molecule has 1 aromatic heterocycles. The summed E-state index contributed by atoms with van der Waals surface area (Å²) in [6.07, 6.45) is 0.994. The van der Waals surface area contributed by atoms with Gasteiger partial charge < -0.3 is 29.0 Å². The van der Waals surface area contributed by atoms with Crippen LogP contribution in [-0.4, -0.2) is 68.1 Å². The van der Waals surface area contributed by atoms with Crippen LogP contribution in [0.3, 0.4) is 0 Å². The molecule has 9 heteroatoms. The lowest BCUT2D eigenvalue weighted by Crippen LogP contribution is -2.78. The number of benzene rings is 1. The van der Waals surface area contributed by atoms with Crippen LogP contribution in [0.4, 0.5) is 0 Å². The van der Waals surface area contributed by atoms with Crippen LogP contribution in [0.5, 0.6) is 0 Å². The number of epoxide rings is 1. The van der Waals surface area contributed by atoms with E-state index in [1.807, 2.05) is 49.6 Å². The Balaban J connectivity index is 1.12. The first-order valence-corrected chi connectivity index (χ1v) is 16.0. The van der Waals surface area contributed by atoms with E-state index in [0.717, 1.165) is 5.57 Å². The predicted molar refractivity (Wildman–Crippen MR) is 157 cm³/mol. The maximum absolute atomic E-state index is 14.1. The Kier molecular flexibility index (Phi) is 5.86. The normalized spacial score (nSPS) is 40.0. The SMILES string of the molecule is CC(C)C12OC1CC1(O)C3(C)CCC4=C(COC4=O)C3CCC1(O)C2OC(=O)C1CCn2c(C(=O)c3ccccc3)ccc21. The molecule has 9 nitrogen and oxygen atoms in total. The number of rotatable bonds is 5. The molecule has 0 bridgehead atoms. The number of aliphatic hydroxyl groups is 2. The molecule has 3 aliphatic heterocycles. The molecule has 44 heavy (non-hydrogen) atoms. The average Bonchev–Trinajstić information content (AvgIpc) is 3.27. The maximum atomic E-state index is 14.1. The molecule has 8 unspecified atom stereocenters. The highest BCUT2D eigenvalue weighted by molar-refractivity contribution is 6.08. The quantitative estimate of drug-likeness (QED) is 0.301. The van der Waals surface area contributed by atoms with Crippen molar-refractivity contribution in [2.24, 2.45) is 17.3 Å². The van der Waals surface area contributed by atoms with Crippen LogP contribution in [0.25, 0.3) is 0 Å². The Labute approximate surface area is 256 Å². The molecular weight excluding hydrogens is 562 g/mol. The molecule has 0 radical (unpaired) electrons. The Morgan fingerprint density at radius 2 is 1.84 bits per heavy atom. The Hall–Kier alpha value is -3.27. The summed E-state index contributed by atoms with van der Waals surface area (Å²) < 4.78 is 20.1. The van der Waals surface area contributed by atoms with Crippen LogP contribution >= 0.6 is 0 Å². The summed E-state index contributed by atoms with van der Waals surface area (Å²) in [5, 5.41) is 25.5. The summed E-state index contributed by atoms with van der Waals surface area (Å²) in [6, 6.07) is 12.7.